The summed E-state index contributed by atoms with van der Waals surface area (Å²) in [5.74, 6) is 0.155. The van der Waals surface area contributed by atoms with Crippen molar-refractivity contribution < 1.29 is 18.7 Å². The molecule has 11 heteroatoms. The molecule has 0 aliphatic heterocycles. The summed E-state index contributed by atoms with van der Waals surface area (Å²) in [4.78, 5) is 12.4. The summed E-state index contributed by atoms with van der Waals surface area (Å²) in [5, 5.41) is 11.0. The molecule has 164 valence electrons. The normalized spacial score (nSPS) is 10.7. The highest BCUT2D eigenvalue weighted by molar-refractivity contribution is 9.10. The van der Waals surface area contributed by atoms with Crippen molar-refractivity contribution in [1.29, 1.82) is 0 Å². The highest BCUT2D eigenvalue weighted by Gasteiger charge is 2.12. The van der Waals surface area contributed by atoms with Gasteiger partial charge in [0.15, 0.2) is 19.2 Å². The van der Waals surface area contributed by atoms with E-state index < -0.39 is 11.7 Å². The molecule has 0 aliphatic carbocycles. The highest BCUT2D eigenvalue weighted by Crippen LogP contribution is 2.21. The maximum atomic E-state index is 13.2. The molecule has 4 rings (SSSR count). The Morgan fingerprint density at radius 1 is 1.06 bits per heavy atom. The number of nitrogens with one attached hydrogen (secondary N) is 1. The van der Waals surface area contributed by atoms with Crippen LogP contribution >= 0.6 is 27.5 Å². The Kier molecular flexibility index (Phi) is 6.72. The number of amides is 1. The monoisotopic (exact) mass is 519 g/mol. The van der Waals surface area contributed by atoms with E-state index in [1.54, 1.807) is 23.1 Å². The van der Waals surface area contributed by atoms with E-state index in [4.69, 9.17) is 21.1 Å². The lowest BCUT2D eigenvalue weighted by Crippen LogP contribution is -2.14. The number of hydrogen-bond acceptors (Lipinski definition) is 5. The van der Waals surface area contributed by atoms with E-state index in [1.165, 1.54) is 29.1 Å². The van der Waals surface area contributed by atoms with E-state index in [0.717, 1.165) is 4.47 Å². The van der Waals surface area contributed by atoms with Gasteiger partial charge in [-0.15, -0.1) is 0 Å². The summed E-state index contributed by atoms with van der Waals surface area (Å²) >= 11 is 9.10. The van der Waals surface area contributed by atoms with Gasteiger partial charge in [0.25, 0.3) is 5.91 Å². The van der Waals surface area contributed by atoms with Gasteiger partial charge in [-0.2, -0.15) is 10.2 Å². The molecule has 0 radical (unpaired) electrons. The fraction of sp³-hybridized carbons (Fsp3) is 0.0952. The van der Waals surface area contributed by atoms with Gasteiger partial charge >= 0.3 is 0 Å². The lowest BCUT2D eigenvalue weighted by Gasteiger charge is -2.06. The Morgan fingerprint density at radius 2 is 1.78 bits per heavy atom. The molecule has 8 nitrogen and oxygen atoms in total. The van der Waals surface area contributed by atoms with Crippen LogP contribution in [0, 0.1) is 5.82 Å². The molecule has 0 atom stereocenters. The summed E-state index contributed by atoms with van der Waals surface area (Å²) in [6, 6.07) is 13.0. The van der Waals surface area contributed by atoms with Crippen molar-refractivity contribution in [3.8, 4) is 11.5 Å². The Labute approximate surface area is 195 Å². The molecule has 1 N–H and O–H groups in total. The van der Waals surface area contributed by atoms with Gasteiger partial charge in [-0.3, -0.25) is 4.79 Å². The number of aromatic nitrogens is 4. The zero-order valence-electron chi connectivity index (χ0n) is 16.4. The molecule has 2 heterocycles. The number of rotatable bonds is 8. The zero-order chi connectivity index (χ0) is 22.5. The Hall–Kier alpha value is -3.37. The smallest absolute Gasteiger partial charge is 0.276 e. The van der Waals surface area contributed by atoms with Crippen molar-refractivity contribution in [3.05, 3.63) is 88.1 Å². The van der Waals surface area contributed by atoms with Gasteiger partial charge < -0.3 is 14.8 Å². The van der Waals surface area contributed by atoms with E-state index in [9.17, 15) is 9.18 Å². The molecule has 0 unspecified atom stereocenters. The van der Waals surface area contributed by atoms with Crippen LogP contribution in [0.2, 0.25) is 5.02 Å². The number of carbonyl (C=O) groups excluding carboxylic acids is 1. The molecule has 32 heavy (non-hydrogen) atoms. The summed E-state index contributed by atoms with van der Waals surface area (Å²) in [6.45, 7) is 0.220. The number of hydrogen-bond donors (Lipinski definition) is 1. The first-order chi connectivity index (χ1) is 15.5. The van der Waals surface area contributed by atoms with Crippen molar-refractivity contribution in [1.82, 2.24) is 19.6 Å². The van der Waals surface area contributed by atoms with E-state index in [0.29, 0.717) is 17.2 Å². The standard InChI is InChI=1S/C21H16BrClFN5O3/c22-14-1-3-16(4-2-14)31-13-29-11-15(10-25-29)26-21(30)20-7-8-28(27-20)12-32-17-5-6-19(24)18(23)9-17/h1-11H,12-13H2,(H,26,30). The third kappa shape index (κ3) is 5.65. The number of ether oxygens (including phenoxy) is 2. The van der Waals surface area contributed by atoms with Crippen LogP contribution in [0.4, 0.5) is 10.1 Å². The number of nitrogens with zero attached hydrogens (tertiary/aromatic N) is 4. The van der Waals surface area contributed by atoms with Crippen molar-refractivity contribution >= 4 is 39.1 Å². The van der Waals surface area contributed by atoms with Gasteiger partial charge in [0.2, 0.25) is 0 Å². The first-order valence-corrected chi connectivity index (χ1v) is 10.5. The van der Waals surface area contributed by atoms with Crippen LogP contribution in [0.1, 0.15) is 10.5 Å². The molecule has 0 bridgehead atoms. The van der Waals surface area contributed by atoms with E-state index in [1.807, 2.05) is 24.3 Å². The van der Waals surface area contributed by atoms with Gasteiger partial charge in [0.05, 0.1) is 23.1 Å². The second-order valence-electron chi connectivity index (χ2n) is 6.54. The molecular weight excluding hydrogens is 505 g/mol. The Bertz CT molecular complexity index is 1230. The maximum Gasteiger partial charge on any atom is 0.276 e. The van der Waals surface area contributed by atoms with Gasteiger partial charge in [0.1, 0.15) is 17.3 Å². The lowest BCUT2D eigenvalue weighted by atomic mass is 10.3. The molecule has 0 fully saturated rings. The molecule has 1 amide bonds. The van der Waals surface area contributed by atoms with Crippen molar-refractivity contribution in [2.75, 3.05) is 5.32 Å². The highest BCUT2D eigenvalue weighted by atomic mass is 79.9. The van der Waals surface area contributed by atoms with Crippen molar-refractivity contribution in [2.45, 2.75) is 13.5 Å². The minimum atomic E-state index is -0.528. The van der Waals surface area contributed by atoms with Gasteiger partial charge in [-0.25, -0.2) is 13.8 Å². The van der Waals surface area contributed by atoms with Crippen LogP contribution in [0.15, 0.2) is 71.6 Å². The average molecular weight is 521 g/mol. The second-order valence-corrected chi connectivity index (χ2v) is 7.86. The molecule has 2 aromatic heterocycles. The molecule has 0 saturated carbocycles. The van der Waals surface area contributed by atoms with Crippen LogP contribution in [-0.2, 0) is 13.5 Å². The third-order valence-electron chi connectivity index (χ3n) is 4.20. The number of anilines is 1. The van der Waals surface area contributed by atoms with Crippen LogP contribution in [0.5, 0.6) is 11.5 Å². The fourth-order valence-electron chi connectivity index (χ4n) is 2.63. The van der Waals surface area contributed by atoms with Gasteiger partial charge in [-0.05, 0) is 42.5 Å². The predicted molar refractivity (Wildman–Crippen MR) is 119 cm³/mol. The van der Waals surface area contributed by atoms with E-state index >= 15 is 0 Å². The quantitative estimate of drug-likeness (QED) is 0.355. The van der Waals surface area contributed by atoms with Crippen LogP contribution in [0.25, 0.3) is 0 Å². The molecule has 0 saturated heterocycles. The topological polar surface area (TPSA) is 83.2 Å². The Balaban J connectivity index is 1.29. The third-order valence-corrected chi connectivity index (χ3v) is 5.01. The summed E-state index contributed by atoms with van der Waals surface area (Å²) in [7, 11) is 0. The van der Waals surface area contributed by atoms with E-state index in [-0.39, 0.29) is 24.2 Å². The first kappa shape index (κ1) is 21.8. The minimum absolute atomic E-state index is 0.0283. The van der Waals surface area contributed by atoms with Gasteiger partial charge in [-0.1, -0.05) is 27.5 Å². The number of benzene rings is 2. The Morgan fingerprint density at radius 3 is 2.56 bits per heavy atom. The van der Waals surface area contributed by atoms with Crippen LogP contribution in [0.3, 0.4) is 0 Å². The maximum absolute atomic E-state index is 13.2. The molecule has 0 aliphatic rings. The zero-order valence-corrected chi connectivity index (χ0v) is 18.8. The molecular formula is C21H16BrClFN5O3. The van der Waals surface area contributed by atoms with Gasteiger partial charge in [0, 0.05) is 16.7 Å². The fourth-order valence-corrected chi connectivity index (χ4v) is 3.06. The molecule has 4 aromatic rings. The molecule has 0 spiro atoms. The SMILES string of the molecule is O=C(Nc1cnn(COc2ccc(Br)cc2)c1)c1ccn(COc2ccc(F)c(Cl)c2)n1. The lowest BCUT2D eigenvalue weighted by molar-refractivity contribution is 0.102. The van der Waals surface area contributed by atoms with Crippen LogP contribution < -0.4 is 14.8 Å². The first-order valence-electron chi connectivity index (χ1n) is 9.30. The summed E-state index contributed by atoms with van der Waals surface area (Å²) in [5.41, 5.74) is 0.700. The predicted octanol–water partition coefficient (Wildman–Crippen LogP) is 4.96. The largest absolute Gasteiger partial charge is 0.471 e. The second kappa shape index (κ2) is 9.84. The summed E-state index contributed by atoms with van der Waals surface area (Å²) < 4.78 is 28.3. The minimum Gasteiger partial charge on any atom is -0.471 e. The van der Waals surface area contributed by atoms with Crippen LogP contribution in [-0.4, -0.2) is 25.5 Å². The number of carbonyl (C=O) groups is 1. The summed E-state index contributed by atoms with van der Waals surface area (Å²) in [6.07, 6.45) is 4.76. The van der Waals surface area contributed by atoms with E-state index in [2.05, 4.69) is 31.4 Å². The number of halogens is 3. The van der Waals surface area contributed by atoms with Crippen molar-refractivity contribution in [2.24, 2.45) is 0 Å². The average Bonchev–Trinajstić information content (AvgIpc) is 3.44. The molecule has 2 aromatic carbocycles. The van der Waals surface area contributed by atoms with Crippen molar-refractivity contribution in [3.63, 3.8) is 0 Å².